The minimum absolute atomic E-state index is 0.0369. The molecule has 9 nitrogen and oxygen atoms in total. The Labute approximate surface area is 231 Å². The largest absolute Gasteiger partial charge is 0.508 e. The van der Waals surface area contributed by atoms with Gasteiger partial charge in [-0.1, -0.05) is 50.2 Å². The summed E-state index contributed by atoms with van der Waals surface area (Å²) in [5, 5.41) is 40.9. The van der Waals surface area contributed by atoms with Crippen molar-refractivity contribution in [1.29, 1.82) is 0 Å². The van der Waals surface area contributed by atoms with Gasteiger partial charge in [0, 0.05) is 38.1 Å². The molecule has 0 atom stereocenters. The first-order valence-electron chi connectivity index (χ1n) is 13.6. The number of hydrogen-bond donors (Lipinski definition) is 6. The number of nitrogens with one attached hydrogen (secondary N) is 2. The maximum absolute atomic E-state index is 10.6. The standard InChI is InChI=1S/C8H8O3.C8H10O2.2C7H13NO/c9-7-4-2-1-3-6(7)5-8(10)11;9-6-5-7-3-1-2-4-8(7)10;2*1-2-7(9)8-5-6-3-4-6/h1-4,9H,5H2,(H,10,11);1-4,9-10H,5-6H2;2*6H,2-5H2,1H3,(H,8,9). The van der Waals surface area contributed by atoms with Crippen LogP contribution in [0.15, 0.2) is 48.5 Å². The number of hydrogen-bond acceptors (Lipinski definition) is 6. The zero-order valence-corrected chi connectivity index (χ0v) is 23.1. The number of phenols is 2. The third-order valence-corrected chi connectivity index (χ3v) is 5.92. The van der Waals surface area contributed by atoms with Crippen molar-refractivity contribution in [3.05, 3.63) is 59.7 Å². The van der Waals surface area contributed by atoms with Crippen LogP contribution in [0, 0.1) is 11.8 Å². The predicted octanol–water partition coefficient (Wildman–Crippen LogP) is 3.79. The summed E-state index contributed by atoms with van der Waals surface area (Å²) < 4.78 is 0. The second-order valence-electron chi connectivity index (χ2n) is 9.50. The second kappa shape index (κ2) is 19.5. The van der Waals surface area contributed by atoms with Crippen LogP contribution in [-0.4, -0.2) is 57.9 Å². The molecule has 0 spiro atoms. The number of rotatable bonds is 10. The molecule has 2 aliphatic rings. The molecule has 216 valence electrons. The van der Waals surface area contributed by atoms with Crippen molar-refractivity contribution in [3.8, 4) is 11.5 Å². The van der Waals surface area contributed by atoms with Crippen molar-refractivity contribution in [2.24, 2.45) is 11.8 Å². The monoisotopic (exact) mass is 544 g/mol. The van der Waals surface area contributed by atoms with Gasteiger partial charge >= 0.3 is 5.97 Å². The van der Waals surface area contributed by atoms with Crippen molar-refractivity contribution < 1.29 is 34.8 Å². The van der Waals surface area contributed by atoms with E-state index < -0.39 is 5.97 Å². The van der Waals surface area contributed by atoms with Crippen LogP contribution in [0.1, 0.15) is 63.5 Å². The average Bonchev–Trinajstić information content (AvgIpc) is 3.85. The van der Waals surface area contributed by atoms with E-state index in [1.54, 1.807) is 36.4 Å². The number of aliphatic hydroxyl groups is 1. The van der Waals surface area contributed by atoms with Gasteiger partial charge in [-0.3, -0.25) is 14.4 Å². The van der Waals surface area contributed by atoms with Crippen molar-refractivity contribution in [3.63, 3.8) is 0 Å². The number of phenolic OH excluding ortho intramolecular Hbond substituents is 2. The van der Waals surface area contributed by atoms with Crippen LogP contribution in [0.5, 0.6) is 11.5 Å². The Hall–Kier alpha value is -3.59. The van der Waals surface area contributed by atoms with Crippen molar-refractivity contribution in [2.45, 2.75) is 65.2 Å². The van der Waals surface area contributed by atoms with Gasteiger partial charge in [0.15, 0.2) is 0 Å². The summed E-state index contributed by atoms with van der Waals surface area (Å²) in [6, 6.07) is 13.4. The Bertz CT molecular complexity index is 976. The molecule has 2 saturated carbocycles. The molecule has 0 radical (unpaired) electrons. The number of para-hydroxylation sites is 2. The number of carboxylic acids is 1. The van der Waals surface area contributed by atoms with Gasteiger partial charge in [0.2, 0.25) is 11.8 Å². The molecule has 4 rings (SSSR count). The van der Waals surface area contributed by atoms with E-state index >= 15 is 0 Å². The molecule has 2 aromatic rings. The lowest BCUT2D eigenvalue weighted by Gasteiger charge is -1.99. The molecule has 39 heavy (non-hydrogen) atoms. The van der Waals surface area contributed by atoms with Gasteiger partial charge in [-0.2, -0.15) is 0 Å². The number of amides is 2. The molecule has 9 heteroatoms. The minimum Gasteiger partial charge on any atom is -0.508 e. The lowest BCUT2D eigenvalue weighted by Crippen LogP contribution is -2.24. The van der Waals surface area contributed by atoms with E-state index in [1.807, 2.05) is 19.9 Å². The number of aromatic hydroxyl groups is 2. The Kier molecular flexibility index (Phi) is 16.7. The van der Waals surface area contributed by atoms with Crippen LogP contribution in [0.25, 0.3) is 0 Å². The van der Waals surface area contributed by atoms with Gasteiger partial charge < -0.3 is 31.1 Å². The van der Waals surface area contributed by atoms with Crippen LogP contribution < -0.4 is 10.6 Å². The first kappa shape index (κ1) is 33.4. The molecule has 0 heterocycles. The van der Waals surface area contributed by atoms with E-state index in [0.29, 0.717) is 24.8 Å². The SMILES string of the molecule is CCC(=O)NCC1CC1.CCC(=O)NCC1CC1.O=C(O)Cc1ccccc1O.OCCc1ccccc1O. The highest BCUT2D eigenvalue weighted by molar-refractivity contribution is 5.75. The first-order chi connectivity index (χ1) is 18.7. The third kappa shape index (κ3) is 17.5. The number of carbonyl (C=O) groups excluding carboxylic acids is 2. The van der Waals surface area contributed by atoms with Gasteiger partial charge in [-0.05, 0) is 61.6 Å². The minimum atomic E-state index is -0.938. The van der Waals surface area contributed by atoms with Crippen molar-refractivity contribution in [2.75, 3.05) is 19.7 Å². The lowest BCUT2D eigenvalue weighted by atomic mass is 10.1. The maximum atomic E-state index is 10.6. The van der Waals surface area contributed by atoms with Gasteiger partial charge in [-0.15, -0.1) is 0 Å². The Morgan fingerprint density at radius 1 is 0.744 bits per heavy atom. The molecule has 2 aliphatic carbocycles. The number of aliphatic hydroxyl groups excluding tert-OH is 1. The number of benzene rings is 2. The number of carboxylic acid groups (broad SMARTS) is 1. The summed E-state index contributed by atoms with van der Waals surface area (Å²) in [6.45, 7) is 5.65. The van der Waals surface area contributed by atoms with E-state index in [-0.39, 0.29) is 36.3 Å². The van der Waals surface area contributed by atoms with E-state index in [2.05, 4.69) is 10.6 Å². The van der Waals surface area contributed by atoms with Crippen LogP contribution in [0.3, 0.4) is 0 Å². The van der Waals surface area contributed by atoms with Gasteiger partial charge in [0.25, 0.3) is 0 Å². The molecule has 0 bridgehead atoms. The normalized spacial score (nSPS) is 13.2. The van der Waals surface area contributed by atoms with E-state index in [1.165, 1.54) is 31.7 Å². The van der Waals surface area contributed by atoms with Gasteiger partial charge in [-0.25, -0.2) is 0 Å². The fraction of sp³-hybridized carbons (Fsp3) is 0.500. The number of aliphatic carboxylic acids is 1. The molecule has 6 N–H and O–H groups in total. The third-order valence-electron chi connectivity index (χ3n) is 5.92. The van der Waals surface area contributed by atoms with Gasteiger partial charge in [0.05, 0.1) is 6.42 Å². The fourth-order valence-corrected chi connectivity index (χ4v) is 3.08. The highest BCUT2D eigenvalue weighted by atomic mass is 16.4. The Morgan fingerprint density at radius 2 is 1.15 bits per heavy atom. The highest BCUT2D eigenvalue weighted by Gasteiger charge is 2.21. The van der Waals surface area contributed by atoms with E-state index in [0.717, 1.165) is 30.5 Å². The Morgan fingerprint density at radius 3 is 1.49 bits per heavy atom. The van der Waals surface area contributed by atoms with Crippen LogP contribution in [0.4, 0.5) is 0 Å². The first-order valence-corrected chi connectivity index (χ1v) is 13.6. The van der Waals surface area contributed by atoms with E-state index in [9.17, 15) is 14.4 Å². The number of carbonyl (C=O) groups is 3. The van der Waals surface area contributed by atoms with Crippen LogP contribution in [0.2, 0.25) is 0 Å². The van der Waals surface area contributed by atoms with Crippen molar-refractivity contribution >= 4 is 17.8 Å². The quantitative estimate of drug-likeness (QED) is 0.266. The molecule has 2 fully saturated rings. The van der Waals surface area contributed by atoms with Crippen molar-refractivity contribution in [1.82, 2.24) is 10.6 Å². The summed E-state index contributed by atoms with van der Waals surface area (Å²) in [4.78, 5) is 31.5. The highest BCUT2D eigenvalue weighted by Crippen LogP contribution is 2.28. The maximum Gasteiger partial charge on any atom is 0.307 e. The van der Waals surface area contributed by atoms with Gasteiger partial charge in [0.1, 0.15) is 11.5 Å². The summed E-state index contributed by atoms with van der Waals surface area (Å²) >= 11 is 0. The average molecular weight is 545 g/mol. The molecule has 0 aliphatic heterocycles. The molecule has 0 saturated heterocycles. The molecular weight excluding hydrogens is 500 g/mol. The summed E-state index contributed by atoms with van der Waals surface area (Å²) in [5.41, 5.74) is 1.24. The molecule has 0 unspecified atom stereocenters. The smallest absolute Gasteiger partial charge is 0.307 e. The van der Waals surface area contributed by atoms with Crippen LogP contribution in [-0.2, 0) is 27.2 Å². The molecule has 2 aromatic carbocycles. The zero-order chi connectivity index (χ0) is 29.0. The Balaban J connectivity index is 0.000000261. The lowest BCUT2D eigenvalue weighted by molar-refractivity contribution is -0.136. The summed E-state index contributed by atoms with van der Waals surface area (Å²) in [7, 11) is 0. The zero-order valence-electron chi connectivity index (χ0n) is 23.1. The molecule has 2 amide bonds. The fourth-order valence-electron chi connectivity index (χ4n) is 3.08. The second-order valence-corrected chi connectivity index (χ2v) is 9.50. The van der Waals surface area contributed by atoms with Crippen LogP contribution >= 0.6 is 0 Å². The van der Waals surface area contributed by atoms with E-state index in [4.69, 9.17) is 20.4 Å². The topological polar surface area (TPSA) is 156 Å². The summed E-state index contributed by atoms with van der Waals surface area (Å²) in [6.07, 6.45) is 6.86. The molecule has 0 aromatic heterocycles. The predicted molar refractivity (Wildman–Crippen MR) is 150 cm³/mol. The molecular formula is C30H44N2O7. The summed E-state index contributed by atoms with van der Waals surface area (Å²) in [5.74, 6) is 1.34.